The molecule has 17 heavy (non-hydrogen) atoms. The molecule has 0 radical (unpaired) electrons. The van der Waals surface area contributed by atoms with Crippen LogP contribution < -0.4 is 0 Å². The van der Waals surface area contributed by atoms with Gasteiger partial charge in [0.1, 0.15) is 10.8 Å². The van der Waals surface area contributed by atoms with Gasteiger partial charge in [0.2, 0.25) is 0 Å². The van der Waals surface area contributed by atoms with Gasteiger partial charge in [-0.15, -0.1) is 0 Å². The van der Waals surface area contributed by atoms with E-state index in [0.717, 1.165) is 17.8 Å². The highest BCUT2D eigenvalue weighted by Gasteiger charge is 2.09. The molecule has 0 spiro atoms. The van der Waals surface area contributed by atoms with Crippen molar-refractivity contribution in [2.75, 3.05) is 0 Å². The molecule has 0 saturated carbocycles. The first-order chi connectivity index (χ1) is 8.06. The third kappa shape index (κ3) is 2.82. The average molecular weight is 251 g/mol. The van der Waals surface area contributed by atoms with Crippen molar-refractivity contribution >= 4 is 11.6 Å². The Morgan fingerprint density at radius 2 is 2.12 bits per heavy atom. The fourth-order valence-electron chi connectivity index (χ4n) is 1.67. The quantitative estimate of drug-likeness (QED) is 0.787. The maximum absolute atomic E-state index is 6.02. The highest BCUT2D eigenvalue weighted by Crippen LogP contribution is 2.18. The summed E-state index contributed by atoms with van der Waals surface area (Å²) in [6.07, 6.45) is 4.36. The van der Waals surface area contributed by atoms with Crippen LogP contribution in [0, 0.1) is 5.92 Å². The third-order valence-corrected chi connectivity index (χ3v) is 2.60. The lowest BCUT2D eigenvalue weighted by molar-refractivity contribution is 0.634. The van der Waals surface area contributed by atoms with E-state index in [-0.39, 0.29) is 0 Å². The van der Waals surface area contributed by atoms with E-state index >= 15 is 0 Å². The van der Waals surface area contributed by atoms with Gasteiger partial charge in [-0.3, -0.25) is 0 Å². The van der Waals surface area contributed by atoms with Gasteiger partial charge in [-0.25, -0.2) is 15.0 Å². The fourth-order valence-corrected chi connectivity index (χ4v) is 1.88. The molecule has 0 N–H and O–H groups in total. The number of hydrogen-bond acceptors (Lipinski definition) is 3. The molecule has 0 saturated heterocycles. The van der Waals surface area contributed by atoms with Crippen LogP contribution in [-0.2, 0) is 13.5 Å². The van der Waals surface area contributed by atoms with Crippen molar-refractivity contribution in [1.29, 1.82) is 0 Å². The van der Waals surface area contributed by atoms with Crippen LogP contribution in [0.25, 0.3) is 11.5 Å². The van der Waals surface area contributed by atoms with E-state index < -0.39 is 0 Å². The van der Waals surface area contributed by atoms with Gasteiger partial charge < -0.3 is 4.57 Å². The number of halogens is 1. The largest absolute Gasteiger partial charge is 0.331 e. The lowest BCUT2D eigenvalue weighted by atomic mass is 10.1. The van der Waals surface area contributed by atoms with Crippen molar-refractivity contribution in [3.8, 4) is 11.5 Å². The maximum Gasteiger partial charge on any atom is 0.179 e. The normalized spacial score (nSPS) is 11.1. The molecule has 0 unspecified atom stereocenters. The van der Waals surface area contributed by atoms with E-state index in [9.17, 15) is 0 Å². The number of nitrogens with zero attached hydrogens (tertiary/aromatic N) is 4. The van der Waals surface area contributed by atoms with Crippen LogP contribution in [0.3, 0.4) is 0 Å². The van der Waals surface area contributed by atoms with E-state index in [2.05, 4.69) is 28.8 Å². The summed E-state index contributed by atoms with van der Waals surface area (Å²) in [4.78, 5) is 12.8. The fraction of sp³-hybridized carbons (Fsp3) is 0.417. The summed E-state index contributed by atoms with van der Waals surface area (Å²) in [5.41, 5.74) is 1.84. The Labute approximate surface area is 106 Å². The summed E-state index contributed by atoms with van der Waals surface area (Å²) in [5.74, 6) is 1.17. The average Bonchev–Trinajstić information content (AvgIpc) is 2.62. The van der Waals surface area contributed by atoms with Gasteiger partial charge >= 0.3 is 0 Å². The molecule has 0 amide bonds. The van der Waals surface area contributed by atoms with Crippen molar-refractivity contribution in [2.24, 2.45) is 13.0 Å². The maximum atomic E-state index is 6.02. The summed E-state index contributed by atoms with van der Waals surface area (Å²) >= 11 is 6.02. The van der Waals surface area contributed by atoms with Gasteiger partial charge in [-0.1, -0.05) is 25.4 Å². The Morgan fingerprint density at radius 1 is 1.35 bits per heavy atom. The van der Waals surface area contributed by atoms with Crippen LogP contribution in [-0.4, -0.2) is 19.5 Å². The van der Waals surface area contributed by atoms with Crippen LogP contribution in [0.5, 0.6) is 0 Å². The monoisotopic (exact) mass is 250 g/mol. The zero-order valence-corrected chi connectivity index (χ0v) is 10.9. The van der Waals surface area contributed by atoms with Crippen molar-refractivity contribution in [1.82, 2.24) is 19.5 Å². The molecule has 0 atom stereocenters. The number of aromatic nitrogens is 4. The first-order valence-corrected chi connectivity index (χ1v) is 5.94. The van der Waals surface area contributed by atoms with Gasteiger partial charge in [-0.2, -0.15) is 0 Å². The van der Waals surface area contributed by atoms with E-state index in [1.807, 2.05) is 17.7 Å². The zero-order chi connectivity index (χ0) is 12.4. The topological polar surface area (TPSA) is 43.6 Å². The molecule has 5 heteroatoms. The predicted molar refractivity (Wildman–Crippen MR) is 67.8 cm³/mol. The second-order valence-corrected chi connectivity index (χ2v) is 4.88. The van der Waals surface area contributed by atoms with Gasteiger partial charge in [0.05, 0.1) is 12.5 Å². The second kappa shape index (κ2) is 4.84. The minimum atomic E-state index is 0.479. The van der Waals surface area contributed by atoms with Gasteiger partial charge in [0, 0.05) is 12.7 Å². The van der Waals surface area contributed by atoms with Gasteiger partial charge in [0.15, 0.2) is 5.82 Å². The number of rotatable bonds is 3. The molecule has 90 valence electrons. The first-order valence-electron chi connectivity index (χ1n) is 5.56. The molecule has 2 aromatic heterocycles. The van der Waals surface area contributed by atoms with Crippen LogP contribution in [0.4, 0.5) is 0 Å². The molecule has 0 bridgehead atoms. The molecule has 2 rings (SSSR count). The zero-order valence-electron chi connectivity index (χ0n) is 10.2. The smallest absolute Gasteiger partial charge is 0.179 e. The SMILES string of the molecule is CC(C)Cc1cc(Cl)nc(-c2cncn2C)n1. The van der Waals surface area contributed by atoms with E-state index in [4.69, 9.17) is 11.6 Å². The van der Waals surface area contributed by atoms with Gasteiger partial charge in [-0.05, 0) is 18.4 Å². The van der Waals surface area contributed by atoms with E-state index in [1.165, 1.54) is 0 Å². The van der Waals surface area contributed by atoms with Crippen molar-refractivity contribution in [3.63, 3.8) is 0 Å². The Hall–Kier alpha value is -1.42. The summed E-state index contributed by atoms with van der Waals surface area (Å²) < 4.78 is 1.88. The van der Waals surface area contributed by atoms with Crippen LogP contribution >= 0.6 is 11.6 Å². The van der Waals surface area contributed by atoms with Crippen LogP contribution in [0.1, 0.15) is 19.5 Å². The third-order valence-electron chi connectivity index (χ3n) is 2.41. The molecular weight excluding hydrogens is 236 g/mol. The van der Waals surface area contributed by atoms with Gasteiger partial charge in [0.25, 0.3) is 0 Å². The van der Waals surface area contributed by atoms with Crippen molar-refractivity contribution in [2.45, 2.75) is 20.3 Å². The highest BCUT2D eigenvalue weighted by atomic mass is 35.5. The second-order valence-electron chi connectivity index (χ2n) is 4.49. The number of imidazole rings is 1. The Balaban J connectivity index is 2.42. The lowest BCUT2D eigenvalue weighted by Gasteiger charge is -2.07. The minimum Gasteiger partial charge on any atom is -0.331 e. The standard InChI is InChI=1S/C12H15ClN4/c1-8(2)4-9-5-11(13)16-12(15-9)10-6-14-7-17(10)3/h5-8H,4H2,1-3H3. The number of aryl methyl sites for hydroxylation is 1. The summed E-state index contributed by atoms with van der Waals surface area (Å²) in [6.45, 7) is 4.31. The molecule has 2 heterocycles. The molecule has 0 aliphatic carbocycles. The molecule has 0 aliphatic heterocycles. The Kier molecular flexibility index (Phi) is 3.43. The summed E-state index contributed by atoms with van der Waals surface area (Å²) in [7, 11) is 1.91. The summed E-state index contributed by atoms with van der Waals surface area (Å²) in [6, 6.07) is 1.82. The first kappa shape index (κ1) is 12.0. The van der Waals surface area contributed by atoms with E-state index in [1.54, 1.807) is 12.5 Å². The van der Waals surface area contributed by atoms with Crippen molar-refractivity contribution in [3.05, 3.63) is 29.4 Å². The Bertz CT molecular complexity index is 519. The molecule has 0 aliphatic rings. The van der Waals surface area contributed by atoms with Crippen molar-refractivity contribution < 1.29 is 0 Å². The lowest BCUT2D eigenvalue weighted by Crippen LogP contribution is -2.02. The van der Waals surface area contributed by atoms with E-state index in [0.29, 0.717) is 16.9 Å². The molecule has 0 fully saturated rings. The molecular formula is C12H15ClN4. The molecule has 2 aromatic rings. The molecule has 0 aromatic carbocycles. The minimum absolute atomic E-state index is 0.479. The number of hydrogen-bond donors (Lipinski definition) is 0. The van der Waals surface area contributed by atoms with Crippen LogP contribution in [0.15, 0.2) is 18.6 Å². The summed E-state index contributed by atoms with van der Waals surface area (Å²) in [5, 5.41) is 0.479. The predicted octanol–water partition coefficient (Wildman–Crippen LogP) is 2.73. The Morgan fingerprint density at radius 3 is 2.71 bits per heavy atom. The molecule has 4 nitrogen and oxygen atoms in total. The highest BCUT2D eigenvalue weighted by molar-refractivity contribution is 6.29. The van der Waals surface area contributed by atoms with Crippen LogP contribution in [0.2, 0.25) is 5.15 Å².